The fraction of sp³-hybridized carbons (Fsp3) is 0.182. The number of hydrogen-bond donors (Lipinski definition) is 2. The molecule has 0 aliphatic rings. The molecule has 17 heavy (non-hydrogen) atoms. The van der Waals surface area contributed by atoms with Gasteiger partial charge >= 0.3 is 5.97 Å². The third-order valence-corrected chi connectivity index (χ3v) is 3.34. The number of carbonyl (C=O) groups excluding carboxylic acids is 1. The monoisotopic (exact) mass is 316 g/mol. The van der Waals surface area contributed by atoms with E-state index in [-0.39, 0.29) is 5.82 Å². The van der Waals surface area contributed by atoms with Crippen LogP contribution in [0.1, 0.15) is 17.3 Å². The zero-order chi connectivity index (χ0) is 12.6. The second-order valence-electron chi connectivity index (χ2n) is 3.41. The van der Waals surface area contributed by atoms with E-state index in [1.165, 1.54) is 0 Å². The van der Waals surface area contributed by atoms with E-state index < -0.39 is 5.97 Å². The number of anilines is 1. The van der Waals surface area contributed by atoms with Crippen molar-refractivity contribution in [2.24, 2.45) is 0 Å². The number of aromatic nitrogens is 1. The van der Waals surface area contributed by atoms with E-state index in [9.17, 15) is 4.79 Å². The van der Waals surface area contributed by atoms with E-state index in [0.717, 1.165) is 4.47 Å². The zero-order valence-corrected chi connectivity index (χ0v) is 11.4. The molecular weight excluding hydrogens is 307 g/mol. The van der Waals surface area contributed by atoms with Crippen LogP contribution in [0.25, 0.3) is 10.9 Å². The first-order valence-electron chi connectivity index (χ1n) is 4.98. The number of nitrogens with two attached hydrogens (primary N) is 1. The molecule has 0 spiro atoms. The predicted molar refractivity (Wildman–Crippen MR) is 71.4 cm³/mol. The van der Waals surface area contributed by atoms with Crippen molar-refractivity contribution < 1.29 is 9.53 Å². The number of nitrogens with one attached hydrogen (secondary N) is 1. The van der Waals surface area contributed by atoms with Crippen molar-refractivity contribution in [3.8, 4) is 0 Å². The van der Waals surface area contributed by atoms with E-state index in [1.807, 2.05) is 0 Å². The molecule has 0 aliphatic heterocycles. The SMILES string of the molecule is CCOC(=O)c1c(N)[nH]c2c(Cl)ccc(Br)c12. The van der Waals surface area contributed by atoms with Gasteiger partial charge < -0.3 is 15.5 Å². The minimum atomic E-state index is -0.459. The van der Waals surface area contributed by atoms with Crippen LogP contribution >= 0.6 is 27.5 Å². The fourth-order valence-corrected chi connectivity index (χ4v) is 2.40. The van der Waals surface area contributed by atoms with E-state index in [0.29, 0.717) is 28.1 Å². The summed E-state index contributed by atoms with van der Waals surface area (Å²) in [7, 11) is 0. The molecule has 0 aliphatic carbocycles. The molecular formula is C11H10BrClN2O2. The van der Waals surface area contributed by atoms with Gasteiger partial charge in [0, 0.05) is 9.86 Å². The van der Waals surface area contributed by atoms with E-state index in [1.54, 1.807) is 19.1 Å². The van der Waals surface area contributed by atoms with Crippen LogP contribution in [-0.4, -0.2) is 17.6 Å². The summed E-state index contributed by atoms with van der Waals surface area (Å²) >= 11 is 9.41. The molecule has 0 saturated carbocycles. The highest BCUT2D eigenvalue weighted by molar-refractivity contribution is 9.10. The Balaban J connectivity index is 2.74. The fourth-order valence-electron chi connectivity index (χ4n) is 1.67. The number of halogens is 2. The number of esters is 1. The number of aromatic amines is 1. The van der Waals surface area contributed by atoms with Gasteiger partial charge in [-0.15, -0.1) is 0 Å². The lowest BCUT2D eigenvalue weighted by molar-refractivity contribution is 0.0530. The molecule has 0 saturated heterocycles. The lowest BCUT2D eigenvalue weighted by Crippen LogP contribution is -2.06. The van der Waals surface area contributed by atoms with Gasteiger partial charge in [-0.1, -0.05) is 27.5 Å². The Morgan fingerprint density at radius 2 is 2.29 bits per heavy atom. The Morgan fingerprint density at radius 3 is 2.94 bits per heavy atom. The van der Waals surface area contributed by atoms with Crippen molar-refractivity contribution in [2.45, 2.75) is 6.92 Å². The lowest BCUT2D eigenvalue weighted by Gasteiger charge is -2.02. The summed E-state index contributed by atoms with van der Waals surface area (Å²) in [4.78, 5) is 14.7. The molecule has 3 N–H and O–H groups in total. The van der Waals surface area contributed by atoms with Crippen LogP contribution in [0.3, 0.4) is 0 Å². The number of benzene rings is 1. The first-order valence-corrected chi connectivity index (χ1v) is 6.15. The standard InChI is InChI=1S/C11H10BrClN2O2/c1-2-17-11(16)8-7-5(12)3-4-6(13)9(7)15-10(8)14/h3-4,15H,2,14H2,1H3. The summed E-state index contributed by atoms with van der Waals surface area (Å²) in [5.74, 6) is -0.202. The van der Waals surface area contributed by atoms with Gasteiger partial charge in [-0.05, 0) is 19.1 Å². The van der Waals surface area contributed by atoms with Crippen LogP contribution < -0.4 is 5.73 Å². The molecule has 1 heterocycles. The largest absolute Gasteiger partial charge is 0.462 e. The minimum absolute atomic E-state index is 0.257. The van der Waals surface area contributed by atoms with Crippen LogP contribution in [-0.2, 0) is 4.74 Å². The molecule has 0 bridgehead atoms. The van der Waals surface area contributed by atoms with Crippen molar-refractivity contribution in [3.63, 3.8) is 0 Å². The number of H-pyrrole nitrogens is 1. The summed E-state index contributed by atoms with van der Waals surface area (Å²) in [6.07, 6.45) is 0. The molecule has 4 nitrogen and oxygen atoms in total. The normalized spacial score (nSPS) is 10.8. The summed E-state index contributed by atoms with van der Waals surface area (Å²) < 4.78 is 5.71. The van der Waals surface area contributed by atoms with Crippen molar-refractivity contribution in [1.29, 1.82) is 0 Å². The summed E-state index contributed by atoms with van der Waals surface area (Å²) in [6, 6.07) is 3.49. The average molecular weight is 318 g/mol. The lowest BCUT2D eigenvalue weighted by atomic mass is 10.1. The van der Waals surface area contributed by atoms with Crippen LogP contribution in [0.5, 0.6) is 0 Å². The van der Waals surface area contributed by atoms with Crippen LogP contribution in [0.15, 0.2) is 16.6 Å². The molecule has 90 valence electrons. The molecule has 2 aromatic rings. The van der Waals surface area contributed by atoms with Crippen molar-refractivity contribution in [2.75, 3.05) is 12.3 Å². The third kappa shape index (κ3) is 2.00. The van der Waals surface area contributed by atoms with E-state index in [2.05, 4.69) is 20.9 Å². The Bertz CT molecular complexity index is 595. The number of rotatable bonds is 2. The number of hydrogen-bond acceptors (Lipinski definition) is 3. The average Bonchev–Trinajstić information content (AvgIpc) is 2.63. The van der Waals surface area contributed by atoms with Gasteiger partial charge in [0.05, 0.1) is 17.1 Å². The summed E-state index contributed by atoms with van der Waals surface area (Å²) in [6.45, 7) is 2.04. The molecule has 0 amide bonds. The maximum Gasteiger partial charge on any atom is 0.342 e. The maximum atomic E-state index is 11.8. The Morgan fingerprint density at radius 1 is 1.59 bits per heavy atom. The van der Waals surface area contributed by atoms with Gasteiger partial charge in [-0.25, -0.2) is 4.79 Å². The summed E-state index contributed by atoms with van der Waals surface area (Å²) in [5, 5.41) is 1.15. The molecule has 0 unspecified atom stereocenters. The minimum Gasteiger partial charge on any atom is -0.462 e. The van der Waals surface area contributed by atoms with Crippen LogP contribution in [0, 0.1) is 0 Å². The molecule has 1 aromatic carbocycles. The molecule has 0 atom stereocenters. The van der Waals surface area contributed by atoms with Crippen LogP contribution in [0.4, 0.5) is 5.82 Å². The second kappa shape index (κ2) is 4.58. The third-order valence-electron chi connectivity index (χ3n) is 2.36. The van der Waals surface area contributed by atoms with Gasteiger partial charge in [0.1, 0.15) is 11.4 Å². The molecule has 0 radical (unpaired) electrons. The maximum absolute atomic E-state index is 11.8. The Kier molecular flexibility index (Phi) is 3.31. The van der Waals surface area contributed by atoms with Gasteiger partial charge in [0.2, 0.25) is 0 Å². The topological polar surface area (TPSA) is 68.1 Å². The van der Waals surface area contributed by atoms with Crippen LogP contribution in [0.2, 0.25) is 5.02 Å². The Hall–Kier alpha value is -1.20. The number of fused-ring (bicyclic) bond motifs is 1. The smallest absolute Gasteiger partial charge is 0.342 e. The highest BCUT2D eigenvalue weighted by Crippen LogP contribution is 2.35. The molecule has 6 heteroatoms. The van der Waals surface area contributed by atoms with Gasteiger partial charge in [-0.3, -0.25) is 0 Å². The predicted octanol–water partition coefficient (Wildman–Crippen LogP) is 3.34. The van der Waals surface area contributed by atoms with E-state index >= 15 is 0 Å². The van der Waals surface area contributed by atoms with Gasteiger partial charge in [0.15, 0.2) is 0 Å². The highest BCUT2D eigenvalue weighted by atomic mass is 79.9. The highest BCUT2D eigenvalue weighted by Gasteiger charge is 2.21. The van der Waals surface area contributed by atoms with Crippen molar-refractivity contribution in [1.82, 2.24) is 4.98 Å². The first kappa shape index (κ1) is 12.3. The van der Waals surface area contributed by atoms with Gasteiger partial charge in [-0.2, -0.15) is 0 Å². The summed E-state index contributed by atoms with van der Waals surface area (Å²) in [5.41, 5.74) is 6.73. The number of nitrogen functional groups attached to an aromatic ring is 1. The Labute approximate surface area is 111 Å². The zero-order valence-electron chi connectivity index (χ0n) is 9.01. The van der Waals surface area contributed by atoms with E-state index in [4.69, 9.17) is 22.1 Å². The number of carbonyl (C=O) groups is 1. The quantitative estimate of drug-likeness (QED) is 0.835. The first-order chi connectivity index (χ1) is 8.06. The second-order valence-corrected chi connectivity index (χ2v) is 4.67. The van der Waals surface area contributed by atoms with Gasteiger partial charge in [0.25, 0.3) is 0 Å². The molecule has 0 fully saturated rings. The van der Waals surface area contributed by atoms with Crippen molar-refractivity contribution >= 4 is 50.2 Å². The molecule has 2 rings (SSSR count). The molecule has 1 aromatic heterocycles. The number of ether oxygens (including phenoxy) is 1. The van der Waals surface area contributed by atoms with Crippen molar-refractivity contribution in [3.05, 3.63) is 27.2 Å².